The zero-order chi connectivity index (χ0) is 101. The van der Waals surface area contributed by atoms with Crippen molar-refractivity contribution in [3.05, 3.63) is 277 Å². The molecule has 4 heterocycles. The second kappa shape index (κ2) is 39.5. The van der Waals surface area contributed by atoms with Crippen LogP contribution in [-0.2, 0) is 51.4 Å². The van der Waals surface area contributed by atoms with E-state index in [1.807, 2.05) is 59.3 Å². The molecule has 0 spiro atoms. The Balaban J connectivity index is 0.000000113. The van der Waals surface area contributed by atoms with Crippen LogP contribution in [0.3, 0.4) is 0 Å². The van der Waals surface area contributed by atoms with Crippen molar-refractivity contribution in [1.82, 2.24) is 60.4 Å². The number of carbonyl (C=O) groups excluding carboxylic acids is 4. The maximum atomic E-state index is 15.0. The number of carbonyl (C=O) groups is 4. The molecular weight excluding hydrogens is 2020 g/mol. The molecule has 4 aromatic heterocycles. The molecule has 12 fully saturated rings. The number of aryl methyl sites for hydroxylation is 5. The Morgan fingerprint density at radius 1 is 0.333 bits per heavy atom. The molecule has 0 aliphatic heterocycles. The SMILES string of the molecule is CC1(C)C2CCC(CNC(=O)c3nn(-c4ccc(Cl)cc4Cl)c4c3CCCc3cc(Br)ccc3-4)C1C2.CC1(C)C2CCC(CNC(=O)c3nn(-c4ccc(F)cc4F)c4c3CCCc3cc(Br)ccc3-4)C1C2.CC1(C)C2CCC(CNC(=O)c3nn(-c4ccc(F)cc4F)c4c3CCCc3cc(Cl)ccc3-4)C1C2.Cc1ccc2c(c1)CCCc1c(C(=O)NCC3CCC4CC3C4(C)C)nn(-c3ccc(F)cc3F)c1-2. The minimum Gasteiger partial charge on any atom is -0.350 e. The molecule has 8 bridgehead atoms. The average molecular weight is 2140 g/mol. The number of hydrogen-bond acceptors (Lipinski definition) is 8. The van der Waals surface area contributed by atoms with Gasteiger partial charge in [-0.1, -0.05) is 164 Å². The Morgan fingerprint density at radius 2 is 0.604 bits per heavy atom. The van der Waals surface area contributed by atoms with Crippen molar-refractivity contribution >= 4 is 90.3 Å². The van der Waals surface area contributed by atoms with E-state index in [0.29, 0.717) is 164 Å². The molecule has 12 unspecified atom stereocenters. The number of halogens is 11. The molecule has 28 rings (SSSR count). The molecule has 16 aliphatic carbocycles. The van der Waals surface area contributed by atoms with Crippen LogP contribution < -0.4 is 21.3 Å². The summed E-state index contributed by atoms with van der Waals surface area (Å²) in [5.74, 6) is 3.04. The largest absolute Gasteiger partial charge is 0.350 e. The average Bonchev–Trinajstić information content (AvgIpc) is 1.55. The first-order valence-corrected chi connectivity index (χ1v) is 54.6. The first-order valence-electron chi connectivity index (χ1n) is 51.8. The highest BCUT2D eigenvalue weighted by molar-refractivity contribution is 9.10. The Bertz CT molecular complexity index is 6280. The standard InChI is InChI=1S/C30H33F2N3O.C29H30BrCl2N3O.C29H30BrF2N3O.C29H30ClF2N3O/c1-17-7-11-22-18(13-17)5-4-6-23-27(34-35(28(22)23)26-12-10-21(31)15-25(26)32)29(36)33-16-19-8-9-20-14-24(19)30(20,2)3;3*1-29(2)18-7-6-17(23(29)13-18)15-33-28(36)26-22-5-3-4-16-12-19(30)8-10-21(16)27(22)35(34-26)25-11-9-20(31)14-24(25)32/h7,10-13,15,19-20,24H,4-6,8-9,14,16H2,1-3H3,(H,33,36);3*8-12,14,17-18,23H,3-7,13,15H2,1-2H3,(H,33,36). The third kappa shape index (κ3) is 18.5. The summed E-state index contributed by atoms with van der Waals surface area (Å²) in [5, 5.41) is 33.4. The lowest BCUT2D eigenvalue weighted by molar-refractivity contribution is -0.103. The molecule has 16 aliphatic rings. The van der Waals surface area contributed by atoms with Crippen molar-refractivity contribution in [3.8, 4) is 67.8 Å². The maximum absolute atomic E-state index is 15.0. The van der Waals surface area contributed by atoms with E-state index in [-0.39, 0.29) is 40.7 Å². The van der Waals surface area contributed by atoms with E-state index in [4.69, 9.17) is 39.9 Å². The van der Waals surface area contributed by atoms with Gasteiger partial charge in [-0.05, 0) is 367 Å². The van der Waals surface area contributed by atoms with Gasteiger partial charge in [-0.25, -0.2) is 45.1 Å². The second-order valence-electron chi connectivity index (χ2n) is 45.3. The summed E-state index contributed by atoms with van der Waals surface area (Å²) < 4.78 is 94.4. The topological polar surface area (TPSA) is 188 Å². The highest BCUT2D eigenvalue weighted by Gasteiger charge is 2.58. The summed E-state index contributed by atoms with van der Waals surface area (Å²) in [4.78, 5) is 54.3. The maximum Gasteiger partial charge on any atom is 0.272 e. The fraction of sp³-hybridized carbons (Fsp3) is 0.453. The van der Waals surface area contributed by atoms with Gasteiger partial charge >= 0.3 is 0 Å². The molecule has 12 atom stereocenters. The molecular formula is C117H123Br2Cl3F6N12O4. The number of benzene rings is 8. The van der Waals surface area contributed by atoms with Gasteiger partial charge in [0.1, 0.15) is 34.5 Å². The van der Waals surface area contributed by atoms with Crippen LogP contribution in [0.15, 0.2) is 155 Å². The summed E-state index contributed by atoms with van der Waals surface area (Å²) in [5.41, 5.74) is 20.2. The van der Waals surface area contributed by atoms with Gasteiger partial charge in [0, 0.05) is 108 Å². The highest BCUT2D eigenvalue weighted by Crippen LogP contribution is 2.65. The van der Waals surface area contributed by atoms with E-state index >= 15 is 0 Å². The lowest BCUT2D eigenvalue weighted by atomic mass is 9.45. The van der Waals surface area contributed by atoms with Crippen LogP contribution in [0.5, 0.6) is 0 Å². The molecule has 12 aromatic rings. The number of nitrogens with one attached hydrogen (secondary N) is 4. The van der Waals surface area contributed by atoms with E-state index < -0.39 is 34.9 Å². The van der Waals surface area contributed by atoms with E-state index in [1.165, 1.54) is 114 Å². The van der Waals surface area contributed by atoms with Gasteiger partial charge in [0.05, 0.1) is 33.5 Å². The first-order chi connectivity index (χ1) is 68.9. The van der Waals surface area contributed by atoms with Crippen LogP contribution >= 0.6 is 66.7 Å². The summed E-state index contributed by atoms with van der Waals surface area (Å²) in [7, 11) is 0. The van der Waals surface area contributed by atoms with Crippen LogP contribution in [0, 0.1) is 135 Å². The minimum absolute atomic E-state index is 0.0881. The van der Waals surface area contributed by atoms with E-state index in [2.05, 4.69) is 155 Å². The number of hydrogen-bond donors (Lipinski definition) is 4. The van der Waals surface area contributed by atoms with Crippen LogP contribution in [0.2, 0.25) is 15.1 Å². The molecule has 752 valence electrons. The number of amides is 4. The van der Waals surface area contributed by atoms with E-state index in [9.17, 15) is 45.5 Å². The molecule has 12 saturated carbocycles. The summed E-state index contributed by atoms with van der Waals surface area (Å²) in [6, 6.07) is 40.0. The third-order valence-corrected chi connectivity index (χ3v) is 38.2. The lowest BCUT2D eigenvalue weighted by Crippen LogP contribution is -2.54. The molecule has 0 radical (unpaired) electrons. The normalized spacial score (nSPS) is 23.8. The van der Waals surface area contributed by atoms with E-state index in [0.717, 1.165) is 212 Å². The zero-order valence-corrected chi connectivity index (χ0v) is 88.4. The number of aromatic nitrogens is 8. The first kappa shape index (κ1) is 99.8. The van der Waals surface area contributed by atoms with Crippen molar-refractivity contribution in [2.75, 3.05) is 26.2 Å². The Hall–Kier alpha value is -10.1. The van der Waals surface area contributed by atoms with E-state index in [1.54, 1.807) is 12.1 Å². The lowest BCUT2D eigenvalue weighted by Gasteiger charge is -2.60. The van der Waals surface area contributed by atoms with Gasteiger partial charge in [0.2, 0.25) is 0 Å². The highest BCUT2D eigenvalue weighted by atomic mass is 79.9. The molecule has 27 heteroatoms. The van der Waals surface area contributed by atoms with Crippen LogP contribution in [0.25, 0.3) is 67.8 Å². The van der Waals surface area contributed by atoms with Crippen molar-refractivity contribution in [2.45, 2.75) is 216 Å². The van der Waals surface area contributed by atoms with Crippen molar-refractivity contribution in [2.24, 2.45) is 92.7 Å². The van der Waals surface area contributed by atoms with Gasteiger partial charge in [-0.3, -0.25) is 19.2 Å². The second-order valence-corrected chi connectivity index (χ2v) is 48.5. The molecule has 4 N–H and O–H groups in total. The molecule has 8 aromatic carbocycles. The molecule has 0 saturated heterocycles. The van der Waals surface area contributed by atoms with Crippen LogP contribution in [-0.4, -0.2) is 88.9 Å². The van der Waals surface area contributed by atoms with Crippen molar-refractivity contribution in [3.63, 3.8) is 0 Å². The van der Waals surface area contributed by atoms with Crippen molar-refractivity contribution < 1.29 is 45.5 Å². The van der Waals surface area contributed by atoms with Gasteiger partial charge in [-0.15, -0.1) is 0 Å². The number of nitrogens with zero attached hydrogens (tertiary/aromatic N) is 8. The third-order valence-electron chi connectivity index (χ3n) is 36.4. The van der Waals surface area contributed by atoms with Crippen molar-refractivity contribution in [1.29, 1.82) is 0 Å². The van der Waals surface area contributed by atoms with Gasteiger partial charge < -0.3 is 21.3 Å². The number of fused-ring (bicyclic) bond motifs is 20. The molecule has 4 amide bonds. The molecule has 144 heavy (non-hydrogen) atoms. The zero-order valence-electron chi connectivity index (χ0n) is 83.0. The summed E-state index contributed by atoms with van der Waals surface area (Å²) in [6.45, 7) is 23.6. The number of rotatable bonds is 16. The monoisotopic (exact) mass is 2140 g/mol. The fourth-order valence-electron chi connectivity index (χ4n) is 27.9. The van der Waals surface area contributed by atoms with Gasteiger partial charge in [-0.2, -0.15) is 20.4 Å². The predicted molar refractivity (Wildman–Crippen MR) is 561 cm³/mol. The van der Waals surface area contributed by atoms with Crippen LogP contribution in [0.4, 0.5) is 26.3 Å². The Kier molecular flexibility index (Phi) is 27.4. The summed E-state index contributed by atoms with van der Waals surface area (Å²) >= 11 is 26.3. The Labute approximate surface area is 870 Å². The van der Waals surface area contributed by atoms with Crippen LogP contribution in [0.1, 0.15) is 250 Å². The molecule has 16 nitrogen and oxygen atoms in total. The quantitative estimate of drug-likeness (QED) is 0.0688. The smallest absolute Gasteiger partial charge is 0.272 e. The fourth-order valence-corrected chi connectivity index (χ4v) is 29.4. The van der Waals surface area contributed by atoms with Gasteiger partial charge in [0.25, 0.3) is 23.6 Å². The predicted octanol–water partition coefficient (Wildman–Crippen LogP) is 27.9. The summed E-state index contributed by atoms with van der Waals surface area (Å²) in [6.07, 6.45) is 24.4. The Morgan fingerprint density at radius 3 is 0.903 bits per heavy atom. The van der Waals surface area contributed by atoms with Gasteiger partial charge in [0.15, 0.2) is 40.2 Å². The minimum atomic E-state index is -0.726.